The van der Waals surface area contributed by atoms with E-state index < -0.39 is 11.8 Å². The topological polar surface area (TPSA) is 64.4 Å². The van der Waals surface area contributed by atoms with Crippen LogP contribution in [0.3, 0.4) is 0 Å². The summed E-state index contributed by atoms with van der Waals surface area (Å²) in [6, 6.07) is 7.46. The zero-order chi connectivity index (χ0) is 14.7. The second-order valence-electron chi connectivity index (χ2n) is 4.86. The Labute approximate surface area is 118 Å². The summed E-state index contributed by atoms with van der Waals surface area (Å²) in [7, 11) is 0. The van der Waals surface area contributed by atoms with E-state index in [1.165, 1.54) is 0 Å². The van der Waals surface area contributed by atoms with E-state index >= 15 is 0 Å². The van der Waals surface area contributed by atoms with Gasteiger partial charge in [0.2, 0.25) is 0 Å². The molecule has 0 bridgehead atoms. The van der Waals surface area contributed by atoms with Crippen molar-refractivity contribution in [1.29, 1.82) is 5.26 Å². The summed E-state index contributed by atoms with van der Waals surface area (Å²) < 4.78 is 0. The highest BCUT2D eigenvalue weighted by molar-refractivity contribution is 6.35. The Balaban J connectivity index is 2.13. The number of carbonyl (C=O) groups excluding carboxylic acids is 2. The van der Waals surface area contributed by atoms with Crippen LogP contribution in [-0.2, 0) is 16.1 Å². The van der Waals surface area contributed by atoms with Crippen molar-refractivity contribution in [3.8, 4) is 6.07 Å². The van der Waals surface area contributed by atoms with Gasteiger partial charge in [0.1, 0.15) is 0 Å². The average molecular weight is 271 g/mol. The number of hydrogen-bond acceptors (Lipinski definition) is 3. The molecule has 1 aliphatic heterocycles. The first-order valence-electron chi connectivity index (χ1n) is 6.64. The van der Waals surface area contributed by atoms with Gasteiger partial charge in [-0.15, -0.1) is 0 Å². The number of rotatable bonds is 3. The summed E-state index contributed by atoms with van der Waals surface area (Å²) in [4.78, 5) is 27.0. The van der Waals surface area contributed by atoms with Gasteiger partial charge in [0.15, 0.2) is 0 Å². The van der Waals surface area contributed by atoms with Gasteiger partial charge in [-0.1, -0.05) is 6.07 Å². The fraction of sp³-hybridized carbons (Fsp3) is 0.400. The van der Waals surface area contributed by atoms with Crippen LogP contribution in [-0.4, -0.2) is 41.2 Å². The minimum absolute atomic E-state index is 0.416. The van der Waals surface area contributed by atoms with Crippen molar-refractivity contribution in [2.75, 3.05) is 19.6 Å². The van der Waals surface area contributed by atoms with Crippen LogP contribution in [0, 0.1) is 18.3 Å². The maximum Gasteiger partial charge on any atom is 0.312 e. The van der Waals surface area contributed by atoms with Crippen LogP contribution in [0.15, 0.2) is 18.2 Å². The van der Waals surface area contributed by atoms with Crippen molar-refractivity contribution in [2.45, 2.75) is 20.4 Å². The minimum atomic E-state index is -0.443. The zero-order valence-corrected chi connectivity index (χ0v) is 11.7. The highest BCUT2D eigenvalue weighted by Gasteiger charge is 2.31. The lowest BCUT2D eigenvalue weighted by Crippen LogP contribution is -2.53. The van der Waals surface area contributed by atoms with E-state index in [0.717, 1.165) is 11.1 Å². The highest BCUT2D eigenvalue weighted by atomic mass is 16.2. The standard InChI is InChI=1S/C15H17N3O2/c1-3-17-6-7-18(15(20)14(17)19)10-13-5-4-12(9-16)8-11(13)2/h4-5,8H,3,6-7,10H2,1-2H3. The van der Waals surface area contributed by atoms with Crippen LogP contribution in [0.4, 0.5) is 0 Å². The number of nitrogens with zero attached hydrogens (tertiary/aromatic N) is 3. The highest BCUT2D eigenvalue weighted by Crippen LogP contribution is 2.15. The smallest absolute Gasteiger partial charge is 0.312 e. The summed E-state index contributed by atoms with van der Waals surface area (Å²) in [5.41, 5.74) is 2.53. The Morgan fingerprint density at radius 3 is 2.45 bits per heavy atom. The summed E-state index contributed by atoms with van der Waals surface area (Å²) >= 11 is 0. The van der Waals surface area contributed by atoms with E-state index in [1.807, 2.05) is 19.9 Å². The van der Waals surface area contributed by atoms with Gasteiger partial charge in [-0.3, -0.25) is 9.59 Å². The van der Waals surface area contributed by atoms with Crippen LogP contribution in [0.2, 0.25) is 0 Å². The second kappa shape index (κ2) is 5.74. The van der Waals surface area contributed by atoms with Crippen LogP contribution >= 0.6 is 0 Å². The van der Waals surface area contributed by atoms with E-state index in [9.17, 15) is 9.59 Å². The molecule has 5 heteroatoms. The predicted molar refractivity (Wildman–Crippen MR) is 73.6 cm³/mol. The van der Waals surface area contributed by atoms with Gasteiger partial charge < -0.3 is 9.80 Å². The molecule has 0 saturated carbocycles. The van der Waals surface area contributed by atoms with E-state index in [4.69, 9.17) is 5.26 Å². The largest absolute Gasteiger partial charge is 0.333 e. The van der Waals surface area contributed by atoms with Gasteiger partial charge in [0.05, 0.1) is 11.6 Å². The van der Waals surface area contributed by atoms with E-state index in [0.29, 0.717) is 31.7 Å². The number of piperazine rings is 1. The van der Waals surface area contributed by atoms with Gasteiger partial charge in [0, 0.05) is 26.2 Å². The Bertz CT molecular complexity index is 589. The fourth-order valence-electron chi connectivity index (χ4n) is 2.32. The third-order valence-electron chi connectivity index (χ3n) is 3.61. The number of nitriles is 1. The first-order chi connectivity index (χ1) is 9.56. The van der Waals surface area contributed by atoms with Gasteiger partial charge in [-0.05, 0) is 37.1 Å². The molecule has 0 unspecified atom stereocenters. The van der Waals surface area contributed by atoms with Crippen molar-refractivity contribution >= 4 is 11.8 Å². The first kappa shape index (κ1) is 14.1. The molecular weight excluding hydrogens is 254 g/mol. The fourth-order valence-corrected chi connectivity index (χ4v) is 2.32. The van der Waals surface area contributed by atoms with E-state index in [-0.39, 0.29) is 0 Å². The van der Waals surface area contributed by atoms with E-state index in [2.05, 4.69) is 6.07 Å². The molecule has 1 aromatic rings. The molecular formula is C15H17N3O2. The Morgan fingerprint density at radius 1 is 1.20 bits per heavy atom. The summed E-state index contributed by atoms with van der Waals surface area (Å²) in [6.45, 7) is 5.89. The van der Waals surface area contributed by atoms with Gasteiger partial charge in [-0.25, -0.2) is 0 Å². The van der Waals surface area contributed by atoms with Crippen molar-refractivity contribution in [1.82, 2.24) is 9.80 Å². The molecule has 5 nitrogen and oxygen atoms in total. The molecule has 1 heterocycles. The van der Waals surface area contributed by atoms with Crippen LogP contribution < -0.4 is 0 Å². The molecule has 0 aliphatic carbocycles. The average Bonchev–Trinajstić information content (AvgIpc) is 2.46. The number of amides is 2. The number of likely N-dealkylation sites (N-methyl/N-ethyl adjacent to an activating group) is 1. The molecule has 0 atom stereocenters. The number of aryl methyl sites for hydroxylation is 1. The normalized spacial score (nSPS) is 15.4. The predicted octanol–water partition coefficient (Wildman–Crippen LogP) is 1.06. The maximum absolute atomic E-state index is 12.0. The Hall–Kier alpha value is -2.35. The molecule has 0 N–H and O–H groups in total. The molecule has 0 aromatic heterocycles. The van der Waals surface area contributed by atoms with Crippen LogP contribution in [0.1, 0.15) is 23.6 Å². The molecule has 1 fully saturated rings. The molecule has 2 rings (SSSR count). The third kappa shape index (κ3) is 2.64. The van der Waals surface area contributed by atoms with Gasteiger partial charge in [0.25, 0.3) is 0 Å². The summed E-state index contributed by atoms with van der Waals surface area (Å²) in [5, 5.41) is 8.84. The number of benzene rings is 1. The number of carbonyl (C=O) groups is 2. The van der Waals surface area contributed by atoms with Crippen molar-refractivity contribution in [3.63, 3.8) is 0 Å². The van der Waals surface area contributed by atoms with Gasteiger partial charge in [-0.2, -0.15) is 5.26 Å². The third-order valence-corrected chi connectivity index (χ3v) is 3.61. The summed E-state index contributed by atoms with van der Waals surface area (Å²) in [6.07, 6.45) is 0. The number of hydrogen-bond donors (Lipinski definition) is 0. The molecule has 0 spiro atoms. The van der Waals surface area contributed by atoms with E-state index in [1.54, 1.807) is 21.9 Å². The van der Waals surface area contributed by atoms with Crippen LogP contribution in [0.5, 0.6) is 0 Å². The minimum Gasteiger partial charge on any atom is -0.333 e. The lowest BCUT2D eigenvalue weighted by atomic mass is 10.0. The van der Waals surface area contributed by atoms with Crippen molar-refractivity contribution in [3.05, 3.63) is 34.9 Å². The molecule has 1 saturated heterocycles. The Morgan fingerprint density at radius 2 is 1.85 bits per heavy atom. The SMILES string of the molecule is CCN1CCN(Cc2ccc(C#N)cc2C)C(=O)C1=O. The Kier molecular flexibility index (Phi) is 4.04. The van der Waals surface area contributed by atoms with Crippen LogP contribution in [0.25, 0.3) is 0 Å². The molecule has 1 aliphatic rings. The molecule has 20 heavy (non-hydrogen) atoms. The quantitative estimate of drug-likeness (QED) is 0.772. The second-order valence-corrected chi connectivity index (χ2v) is 4.86. The maximum atomic E-state index is 12.0. The first-order valence-corrected chi connectivity index (χ1v) is 6.64. The molecule has 2 amide bonds. The lowest BCUT2D eigenvalue weighted by molar-refractivity contribution is -0.156. The van der Waals surface area contributed by atoms with Crippen molar-refractivity contribution < 1.29 is 9.59 Å². The van der Waals surface area contributed by atoms with Gasteiger partial charge >= 0.3 is 11.8 Å². The molecule has 1 aromatic carbocycles. The zero-order valence-electron chi connectivity index (χ0n) is 11.7. The monoisotopic (exact) mass is 271 g/mol. The molecule has 104 valence electrons. The lowest BCUT2D eigenvalue weighted by Gasteiger charge is -2.33. The summed E-state index contributed by atoms with van der Waals surface area (Å²) in [5.74, 6) is -0.869. The van der Waals surface area contributed by atoms with Crippen molar-refractivity contribution in [2.24, 2.45) is 0 Å². The molecule has 0 radical (unpaired) electrons.